The first-order chi connectivity index (χ1) is 10.5. The molecule has 2 aromatic heterocycles. The van der Waals surface area contributed by atoms with Gasteiger partial charge in [0.25, 0.3) is 0 Å². The second kappa shape index (κ2) is 5.81. The maximum atomic E-state index is 12.5. The van der Waals surface area contributed by atoms with Crippen molar-refractivity contribution in [2.75, 3.05) is 0 Å². The van der Waals surface area contributed by atoms with Gasteiger partial charge in [0, 0.05) is 6.07 Å². The van der Waals surface area contributed by atoms with E-state index < -0.39 is 15.6 Å². The first-order valence-electron chi connectivity index (χ1n) is 7.26. The van der Waals surface area contributed by atoms with Crippen LogP contribution in [0.25, 0.3) is 0 Å². The Labute approximate surface area is 128 Å². The lowest BCUT2D eigenvalue weighted by Gasteiger charge is -2.26. The average molecular weight is 326 g/mol. The summed E-state index contributed by atoms with van der Waals surface area (Å²) in [5.41, 5.74) is -0.0432. The molecule has 2 aromatic rings. The lowest BCUT2D eigenvalue weighted by molar-refractivity contribution is 0.342. The van der Waals surface area contributed by atoms with E-state index in [-0.39, 0.29) is 5.75 Å². The minimum atomic E-state index is -3.60. The van der Waals surface area contributed by atoms with Crippen LogP contribution >= 0.6 is 0 Å². The summed E-state index contributed by atoms with van der Waals surface area (Å²) in [5, 5.41) is 7.64. The van der Waals surface area contributed by atoms with Gasteiger partial charge in [-0.05, 0) is 19.3 Å². The Morgan fingerprint density at radius 1 is 1.32 bits per heavy atom. The molecule has 120 valence electrons. The third-order valence-electron chi connectivity index (χ3n) is 3.90. The molecule has 0 radical (unpaired) electrons. The average Bonchev–Trinajstić information content (AvgIpc) is 3.18. The Bertz CT molecular complexity index is 717. The maximum absolute atomic E-state index is 12.5. The minimum absolute atomic E-state index is 0.250. The Balaban J connectivity index is 1.80. The number of nitrogens with zero attached hydrogens (tertiary/aromatic N) is 3. The van der Waals surface area contributed by atoms with Gasteiger partial charge in [-0.15, -0.1) is 0 Å². The second-order valence-electron chi connectivity index (χ2n) is 5.54. The Kier molecular flexibility index (Phi) is 4.00. The van der Waals surface area contributed by atoms with Crippen LogP contribution in [0, 0.1) is 0 Å². The molecule has 22 heavy (non-hydrogen) atoms. The lowest BCUT2D eigenvalue weighted by Crippen LogP contribution is -2.45. The summed E-state index contributed by atoms with van der Waals surface area (Å²) < 4.78 is 37.5. The number of nitrogens with one attached hydrogen (secondary N) is 1. The summed E-state index contributed by atoms with van der Waals surface area (Å²) in [6.07, 6.45) is 5.06. The van der Waals surface area contributed by atoms with Crippen LogP contribution in [0.2, 0.25) is 0 Å². The highest BCUT2D eigenvalue weighted by Crippen LogP contribution is 2.37. The van der Waals surface area contributed by atoms with E-state index in [0.29, 0.717) is 30.8 Å². The quantitative estimate of drug-likeness (QED) is 0.856. The molecule has 0 amide bonds. The molecule has 3 rings (SSSR count). The summed E-state index contributed by atoms with van der Waals surface area (Å²) in [4.78, 5) is 4.04. The van der Waals surface area contributed by atoms with Crippen LogP contribution in [-0.2, 0) is 27.7 Å². The molecule has 0 bridgehead atoms. The van der Waals surface area contributed by atoms with E-state index in [2.05, 4.69) is 20.0 Å². The predicted molar refractivity (Wildman–Crippen MR) is 76.1 cm³/mol. The number of rotatable bonds is 6. The molecule has 9 heteroatoms. The predicted octanol–water partition coefficient (Wildman–Crippen LogP) is 1.51. The minimum Gasteiger partial charge on any atom is -0.360 e. The smallest absolute Gasteiger partial charge is 0.219 e. The Hall–Kier alpha value is -1.74. The van der Waals surface area contributed by atoms with Crippen LogP contribution < -0.4 is 4.72 Å². The molecule has 0 unspecified atom stereocenters. The third kappa shape index (κ3) is 3.05. The second-order valence-corrected chi connectivity index (χ2v) is 7.27. The summed E-state index contributed by atoms with van der Waals surface area (Å²) >= 11 is 0. The summed E-state index contributed by atoms with van der Waals surface area (Å²) in [7, 11) is -3.60. The molecule has 2 heterocycles. The van der Waals surface area contributed by atoms with Gasteiger partial charge in [0.1, 0.15) is 5.75 Å². The van der Waals surface area contributed by atoms with Gasteiger partial charge >= 0.3 is 0 Å². The van der Waals surface area contributed by atoms with Gasteiger partial charge in [-0.2, -0.15) is 4.98 Å². The first kappa shape index (κ1) is 15.2. The van der Waals surface area contributed by atoms with Crippen molar-refractivity contribution in [2.45, 2.75) is 50.3 Å². The zero-order valence-electron chi connectivity index (χ0n) is 12.3. The van der Waals surface area contributed by atoms with Gasteiger partial charge in [-0.3, -0.25) is 0 Å². The van der Waals surface area contributed by atoms with Crippen molar-refractivity contribution < 1.29 is 17.5 Å². The summed E-state index contributed by atoms with van der Waals surface area (Å²) in [5.74, 6) is 0.463. The van der Waals surface area contributed by atoms with Crippen molar-refractivity contribution in [1.29, 1.82) is 0 Å². The van der Waals surface area contributed by atoms with Gasteiger partial charge in [-0.1, -0.05) is 30.1 Å². The van der Waals surface area contributed by atoms with Crippen LogP contribution in [-0.4, -0.2) is 23.7 Å². The normalized spacial score (nSPS) is 17.9. The van der Waals surface area contributed by atoms with E-state index >= 15 is 0 Å². The lowest BCUT2D eigenvalue weighted by atomic mass is 9.99. The standard InChI is InChI=1S/C13H18N4O4S/c1-2-10-7-11(21-15-10)8-22(18,19)17-13(5-3-4-6-13)12-14-9-20-16-12/h7,9,17H,2-6,8H2,1H3. The van der Waals surface area contributed by atoms with Crippen molar-refractivity contribution in [3.05, 3.63) is 29.7 Å². The fourth-order valence-corrected chi connectivity index (χ4v) is 4.32. The van der Waals surface area contributed by atoms with E-state index in [1.807, 2.05) is 6.92 Å². The van der Waals surface area contributed by atoms with E-state index in [4.69, 9.17) is 9.05 Å². The number of hydrogen-bond donors (Lipinski definition) is 1. The molecule has 0 saturated heterocycles. The van der Waals surface area contributed by atoms with Crippen LogP contribution in [0.1, 0.15) is 49.9 Å². The third-order valence-corrected chi connectivity index (χ3v) is 5.27. The molecule has 8 nitrogen and oxygen atoms in total. The highest BCUT2D eigenvalue weighted by molar-refractivity contribution is 7.88. The molecule has 1 aliphatic rings. The zero-order valence-corrected chi connectivity index (χ0v) is 13.1. The topological polar surface area (TPSA) is 111 Å². The highest BCUT2D eigenvalue weighted by Gasteiger charge is 2.42. The molecule has 0 aromatic carbocycles. The van der Waals surface area contributed by atoms with Crippen LogP contribution in [0.15, 0.2) is 21.5 Å². The first-order valence-corrected chi connectivity index (χ1v) is 8.91. The van der Waals surface area contributed by atoms with Gasteiger partial charge in [0.2, 0.25) is 16.4 Å². The van der Waals surface area contributed by atoms with E-state index in [1.54, 1.807) is 6.07 Å². The van der Waals surface area contributed by atoms with Crippen LogP contribution in [0.3, 0.4) is 0 Å². The zero-order chi connectivity index (χ0) is 15.6. The molecular weight excluding hydrogens is 308 g/mol. The number of hydrogen-bond acceptors (Lipinski definition) is 7. The van der Waals surface area contributed by atoms with Gasteiger partial charge in [0.05, 0.1) is 11.2 Å². The van der Waals surface area contributed by atoms with E-state index in [0.717, 1.165) is 18.5 Å². The molecule has 1 aliphatic carbocycles. The number of aromatic nitrogens is 3. The van der Waals surface area contributed by atoms with Crippen LogP contribution in [0.4, 0.5) is 0 Å². The summed E-state index contributed by atoms with van der Waals surface area (Å²) in [6.45, 7) is 1.93. The largest absolute Gasteiger partial charge is 0.360 e. The van der Waals surface area contributed by atoms with Crippen molar-refractivity contribution in [3.63, 3.8) is 0 Å². The molecule has 1 N–H and O–H groups in total. The van der Waals surface area contributed by atoms with E-state index in [9.17, 15) is 8.42 Å². The van der Waals surface area contributed by atoms with E-state index in [1.165, 1.54) is 6.39 Å². The fraction of sp³-hybridized carbons (Fsp3) is 0.615. The highest BCUT2D eigenvalue weighted by atomic mass is 32.2. The van der Waals surface area contributed by atoms with Crippen molar-refractivity contribution in [3.8, 4) is 0 Å². The van der Waals surface area contributed by atoms with Crippen molar-refractivity contribution in [2.24, 2.45) is 0 Å². The number of sulfonamides is 1. The van der Waals surface area contributed by atoms with Gasteiger partial charge in [0.15, 0.2) is 11.6 Å². The fourth-order valence-electron chi connectivity index (χ4n) is 2.84. The number of aryl methyl sites for hydroxylation is 1. The Morgan fingerprint density at radius 3 is 2.68 bits per heavy atom. The maximum Gasteiger partial charge on any atom is 0.219 e. The SMILES string of the molecule is CCc1cc(CS(=O)(=O)NC2(c3ncon3)CCCC2)on1. The van der Waals surface area contributed by atoms with Gasteiger partial charge < -0.3 is 9.05 Å². The monoisotopic (exact) mass is 326 g/mol. The summed E-state index contributed by atoms with van der Waals surface area (Å²) in [6, 6.07) is 1.66. The van der Waals surface area contributed by atoms with Gasteiger partial charge in [-0.25, -0.2) is 13.1 Å². The molecule has 1 saturated carbocycles. The molecular formula is C13H18N4O4S. The molecule has 0 spiro atoms. The molecule has 0 aliphatic heterocycles. The molecule has 1 fully saturated rings. The Morgan fingerprint density at radius 2 is 2.09 bits per heavy atom. The van der Waals surface area contributed by atoms with Crippen molar-refractivity contribution >= 4 is 10.0 Å². The van der Waals surface area contributed by atoms with Crippen molar-refractivity contribution in [1.82, 2.24) is 20.0 Å². The molecule has 0 atom stereocenters. The van der Waals surface area contributed by atoms with Crippen LogP contribution in [0.5, 0.6) is 0 Å².